The number of hydrogen-bond acceptors (Lipinski definition) is 1. The fraction of sp³-hybridized carbons (Fsp3) is 0.417. The van der Waals surface area contributed by atoms with E-state index in [0.29, 0.717) is 6.92 Å². The van der Waals surface area contributed by atoms with Gasteiger partial charge in [0.1, 0.15) is 0 Å². The zero-order valence-electron chi connectivity index (χ0n) is 10.0. The predicted molar refractivity (Wildman–Crippen MR) is 55.9 cm³/mol. The molecule has 0 aliphatic heterocycles. The first-order valence-electron chi connectivity index (χ1n) is 5.34. The number of benzene rings is 1. The minimum atomic E-state index is -6.44. The van der Waals surface area contributed by atoms with Gasteiger partial charge in [-0.1, -0.05) is 30.3 Å². The van der Waals surface area contributed by atoms with Gasteiger partial charge in [-0.05, 0) is 6.92 Å². The van der Waals surface area contributed by atoms with Crippen molar-refractivity contribution in [2.75, 3.05) is 0 Å². The molecule has 112 valence electrons. The zero-order valence-corrected chi connectivity index (χ0v) is 10.0. The number of alkyl halides is 7. The molecule has 0 aliphatic carbocycles. The van der Waals surface area contributed by atoms with E-state index in [0.717, 1.165) is 12.1 Å². The summed E-state index contributed by atoms with van der Waals surface area (Å²) in [7, 11) is 0. The summed E-state index contributed by atoms with van der Waals surface area (Å²) in [5.41, 5.74) is -0.363. The van der Waals surface area contributed by atoms with Crippen molar-refractivity contribution in [2.24, 2.45) is 5.92 Å². The van der Waals surface area contributed by atoms with Gasteiger partial charge >= 0.3 is 18.0 Å². The second-order valence-corrected chi connectivity index (χ2v) is 4.15. The number of hydrogen-bond donors (Lipinski definition) is 0. The van der Waals surface area contributed by atoms with Crippen LogP contribution in [0.15, 0.2) is 30.3 Å². The maximum Gasteiger partial charge on any atom is 0.459 e. The summed E-state index contributed by atoms with van der Waals surface area (Å²) < 4.78 is 88.3. The van der Waals surface area contributed by atoms with Crippen molar-refractivity contribution >= 4 is 5.78 Å². The molecule has 8 heteroatoms. The van der Waals surface area contributed by atoms with E-state index in [9.17, 15) is 35.5 Å². The molecule has 0 bridgehead atoms. The van der Waals surface area contributed by atoms with Gasteiger partial charge < -0.3 is 0 Å². The number of carbonyl (C=O) groups is 1. The first-order valence-corrected chi connectivity index (χ1v) is 5.34. The Hall–Kier alpha value is -1.60. The van der Waals surface area contributed by atoms with Crippen LogP contribution in [-0.4, -0.2) is 23.8 Å². The summed E-state index contributed by atoms with van der Waals surface area (Å²) in [5, 5.41) is 0. The van der Waals surface area contributed by atoms with Gasteiger partial charge in [-0.3, -0.25) is 4.79 Å². The predicted octanol–water partition coefficient (Wildman–Crippen LogP) is 4.34. The normalized spacial score (nSPS) is 15.0. The minimum Gasteiger partial charge on any atom is -0.294 e. The highest BCUT2D eigenvalue weighted by Crippen LogP contribution is 2.50. The van der Waals surface area contributed by atoms with Gasteiger partial charge in [-0.15, -0.1) is 0 Å². The van der Waals surface area contributed by atoms with Crippen LogP contribution >= 0.6 is 0 Å². The lowest BCUT2D eigenvalue weighted by Gasteiger charge is -2.31. The van der Waals surface area contributed by atoms with Crippen LogP contribution in [0.3, 0.4) is 0 Å². The number of rotatable bonds is 4. The highest BCUT2D eigenvalue weighted by Gasteiger charge is 2.75. The van der Waals surface area contributed by atoms with Gasteiger partial charge in [-0.25, -0.2) is 0 Å². The molecule has 0 heterocycles. The molecule has 0 aliphatic rings. The van der Waals surface area contributed by atoms with E-state index in [4.69, 9.17) is 0 Å². The van der Waals surface area contributed by atoms with Gasteiger partial charge in [0.15, 0.2) is 5.78 Å². The molecule has 1 unspecified atom stereocenters. The molecule has 0 radical (unpaired) electrons. The third-order valence-electron chi connectivity index (χ3n) is 2.77. The summed E-state index contributed by atoms with van der Waals surface area (Å²) >= 11 is 0. The van der Waals surface area contributed by atoms with Crippen LogP contribution < -0.4 is 0 Å². The molecule has 0 aromatic heterocycles. The molecule has 0 fully saturated rings. The molecule has 0 saturated carbocycles. The van der Waals surface area contributed by atoms with E-state index in [2.05, 4.69) is 0 Å². The molecule has 1 atom stereocenters. The Morgan fingerprint density at radius 2 is 1.40 bits per heavy atom. The summed E-state index contributed by atoms with van der Waals surface area (Å²) in [6.45, 7) is 0.342. The molecule has 0 spiro atoms. The molecule has 1 rings (SSSR count). The standard InChI is InChI=1S/C12H9F7O/c1-7(9(20)8-5-3-2-4-6-8)10(13,14)11(15,16)12(17,18)19/h2-7H,1H3. The third kappa shape index (κ3) is 2.64. The lowest BCUT2D eigenvalue weighted by Crippen LogP contribution is -2.56. The van der Waals surface area contributed by atoms with Gasteiger partial charge in [0.25, 0.3) is 0 Å². The number of carbonyl (C=O) groups excluding carboxylic acids is 1. The van der Waals surface area contributed by atoms with E-state index >= 15 is 0 Å². The van der Waals surface area contributed by atoms with E-state index < -0.39 is 29.7 Å². The Morgan fingerprint density at radius 1 is 0.950 bits per heavy atom. The van der Waals surface area contributed by atoms with E-state index in [1.807, 2.05) is 0 Å². The molecule has 0 N–H and O–H groups in total. The van der Waals surface area contributed by atoms with Gasteiger partial charge in [0.2, 0.25) is 0 Å². The van der Waals surface area contributed by atoms with Crippen molar-refractivity contribution < 1.29 is 35.5 Å². The summed E-state index contributed by atoms with van der Waals surface area (Å²) in [6.07, 6.45) is -6.44. The van der Waals surface area contributed by atoms with Crippen molar-refractivity contribution in [1.29, 1.82) is 0 Å². The van der Waals surface area contributed by atoms with Gasteiger partial charge in [0, 0.05) is 5.56 Å². The van der Waals surface area contributed by atoms with E-state index in [1.165, 1.54) is 18.2 Å². The van der Waals surface area contributed by atoms with E-state index in [-0.39, 0.29) is 5.56 Å². The first-order chi connectivity index (χ1) is 8.93. The smallest absolute Gasteiger partial charge is 0.294 e. The highest BCUT2D eigenvalue weighted by atomic mass is 19.4. The topological polar surface area (TPSA) is 17.1 Å². The Balaban J connectivity index is 3.13. The van der Waals surface area contributed by atoms with Crippen molar-refractivity contribution in [3.63, 3.8) is 0 Å². The minimum absolute atomic E-state index is 0.342. The molecule has 1 aromatic carbocycles. The van der Waals surface area contributed by atoms with Crippen LogP contribution in [0.2, 0.25) is 0 Å². The van der Waals surface area contributed by atoms with Crippen LogP contribution in [0.1, 0.15) is 17.3 Å². The zero-order chi connectivity index (χ0) is 15.8. The Kier molecular flexibility index (Phi) is 4.17. The highest BCUT2D eigenvalue weighted by molar-refractivity contribution is 5.98. The number of Topliss-reactive ketones (excluding diaryl/α,β-unsaturated/α-hetero) is 1. The monoisotopic (exact) mass is 302 g/mol. The molecule has 1 aromatic rings. The van der Waals surface area contributed by atoms with Crippen molar-refractivity contribution in [3.05, 3.63) is 35.9 Å². The quantitative estimate of drug-likeness (QED) is 0.597. The Morgan fingerprint density at radius 3 is 1.80 bits per heavy atom. The maximum absolute atomic E-state index is 13.3. The molecule has 0 amide bonds. The van der Waals surface area contributed by atoms with Crippen molar-refractivity contribution in [3.8, 4) is 0 Å². The molecule has 20 heavy (non-hydrogen) atoms. The summed E-state index contributed by atoms with van der Waals surface area (Å²) in [4.78, 5) is 11.6. The number of halogens is 7. The Bertz CT molecular complexity index is 478. The third-order valence-corrected chi connectivity index (χ3v) is 2.77. The number of ketones is 1. The molecular weight excluding hydrogens is 293 g/mol. The average molecular weight is 302 g/mol. The van der Waals surface area contributed by atoms with Crippen LogP contribution in [0.5, 0.6) is 0 Å². The molecule has 1 nitrogen and oxygen atoms in total. The van der Waals surface area contributed by atoms with Gasteiger partial charge in [0.05, 0.1) is 5.92 Å². The van der Waals surface area contributed by atoms with Crippen molar-refractivity contribution in [2.45, 2.75) is 24.9 Å². The fourth-order valence-electron chi connectivity index (χ4n) is 1.48. The van der Waals surface area contributed by atoms with Crippen molar-refractivity contribution in [1.82, 2.24) is 0 Å². The van der Waals surface area contributed by atoms with Crippen LogP contribution in [-0.2, 0) is 0 Å². The average Bonchev–Trinajstić information content (AvgIpc) is 2.36. The fourth-order valence-corrected chi connectivity index (χ4v) is 1.48. The SMILES string of the molecule is CC(C(=O)c1ccccc1)C(F)(F)C(F)(F)C(F)(F)F. The second-order valence-electron chi connectivity index (χ2n) is 4.15. The Labute approximate surface area is 109 Å². The summed E-state index contributed by atoms with van der Waals surface area (Å²) in [5.74, 6) is -16.1. The molecular formula is C12H9F7O. The maximum atomic E-state index is 13.3. The second kappa shape index (κ2) is 5.06. The largest absolute Gasteiger partial charge is 0.459 e. The van der Waals surface area contributed by atoms with Crippen LogP contribution in [0.25, 0.3) is 0 Å². The van der Waals surface area contributed by atoms with Crippen LogP contribution in [0.4, 0.5) is 30.7 Å². The first kappa shape index (κ1) is 16.5. The lowest BCUT2D eigenvalue weighted by atomic mass is 9.89. The van der Waals surface area contributed by atoms with E-state index in [1.54, 1.807) is 0 Å². The summed E-state index contributed by atoms with van der Waals surface area (Å²) in [6, 6.07) is 6.10. The van der Waals surface area contributed by atoms with Gasteiger partial charge in [-0.2, -0.15) is 30.7 Å². The lowest BCUT2D eigenvalue weighted by molar-refractivity contribution is -0.360. The van der Waals surface area contributed by atoms with Crippen LogP contribution in [0, 0.1) is 5.92 Å². The molecule has 0 saturated heterocycles.